The zero-order valence-electron chi connectivity index (χ0n) is 22.6. The quantitative estimate of drug-likeness (QED) is 0.202. The number of hydrogen-bond acceptors (Lipinski definition) is 6. The van der Waals surface area contributed by atoms with Gasteiger partial charge in [-0.05, 0) is 42.2 Å². The Bertz CT molecular complexity index is 1380. The molecule has 0 aliphatic heterocycles. The number of hydrogen-bond donors (Lipinski definition) is 1. The lowest BCUT2D eigenvalue weighted by Crippen LogP contribution is -2.53. The van der Waals surface area contributed by atoms with Gasteiger partial charge < -0.3 is 19.7 Å². The zero-order chi connectivity index (χ0) is 29.4. The Morgan fingerprint density at radius 1 is 1.02 bits per heavy atom. The molecular formula is C30H31Cl2N3O6. The fourth-order valence-electron chi connectivity index (χ4n) is 4.88. The van der Waals surface area contributed by atoms with E-state index in [4.69, 9.17) is 32.7 Å². The van der Waals surface area contributed by atoms with Crippen molar-refractivity contribution in [3.8, 4) is 11.5 Å². The van der Waals surface area contributed by atoms with E-state index in [2.05, 4.69) is 5.32 Å². The molecule has 0 spiro atoms. The monoisotopic (exact) mass is 599 g/mol. The second-order valence-electron chi connectivity index (χ2n) is 9.85. The number of methoxy groups -OCH3 is 1. The lowest BCUT2D eigenvalue weighted by molar-refractivity contribution is -0.385. The van der Waals surface area contributed by atoms with Crippen molar-refractivity contribution in [3.05, 3.63) is 98.0 Å². The Labute approximate surface area is 248 Å². The predicted octanol–water partition coefficient (Wildman–Crippen LogP) is 5.99. The van der Waals surface area contributed by atoms with Gasteiger partial charge in [-0.15, -0.1) is 0 Å². The van der Waals surface area contributed by atoms with Crippen molar-refractivity contribution in [2.24, 2.45) is 0 Å². The molecule has 2 amide bonds. The molecule has 0 saturated heterocycles. The van der Waals surface area contributed by atoms with Gasteiger partial charge >= 0.3 is 5.69 Å². The van der Waals surface area contributed by atoms with Crippen LogP contribution < -0.4 is 14.8 Å². The summed E-state index contributed by atoms with van der Waals surface area (Å²) in [6.45, 7) is -0.331. The first-order valence-corrected chi connectivity index (χ1v) is 14.0. The van der Waals surface area contributed by atoms with Gasteiger partial charge in [0, 0.05) is 31.1 Å². The lowest BCUT2D eigenvalue weighted by Gasteiger charge is -2.32. The van der Waals surface area contributed by atoms with Crippen LogP contribution in [0.5, 0.6) is 11.5 Å². The maximum atomic E-state index is 13.8. The van der Waals surface area contributed by atoms with Gasteiger partial charge in [-0.3, -0.25) is 19.7 Å². The van der Waals surface area contributed by atoms with E-state index in [0.717, 1.165) is 31.2 Å². The number of nitro groups is 1. The van der Waals surface area contributed by atoms with Crippen LogP contribution in [-0.4, -0.2) is 47.4 Å². The fourth-order valence-corrected chi connectivity index (χ4v) is 5.20. The van der Waals surface area contributed by atoms with Crippen LogP contribution in [0.25, 0.3) is 0 Å². The van der Waals surface area contributed by atoms with Crippen molar-refractivity contribution in [1.29, 1.82) is 0 Å². The Balaban J connectivity index is 1.63. The van der Waals surface area contributed by atoms with Crippen LogP contribution in [0.15, 0.2) is 66.7 Å². The number of benzene rings is 3. The Morgan fingerprint density at radius 3 is 2.41 bits per heavy atom. The van der Waals surface area contributed by atoms with E-state index < -0.39 is 23.5 Å². The maximum absolute atomic E-state index is 13.8. The summed E-state index contributed by atoms with van der Waals surface area (Å²) in [5, 5.41) is 15.1. The number of nitrogens with one attached hydrogen (secondary N) is 1. The van der Waals surface area contributed by atoms with Gasteiger partial charge in [-0.2, -0.15) is 0 Å². The minimum Gasteiger partial charge on any atom is -0.490 e. The number of carbonyl (C=O) groups is 2. The first kappa shape index (κ1) is 30.1. The normalized spacial score (nSPS) is 13.8. The van der Waals surface area contributed by atoms with Crippen molar-refractivity contribution < 1.29 is 24.0 Å². The first-order chi connectivity index (χ1) is 19.7. The summed E-state index contributed by atoms with van der Waals surface area (Å²) in [6.07, 6.45) is 4.18. The molecule has 1 atom stereocenters. The molecule has 9 nitrogen and oxygen atoms in total. The third kappa shape index (κ3) is 8.11. The highest BCUT2D eigenvalue weighted by molar-refractivity contribution is 6.42. The second kappa shape index (κ2) is 14.2. The number of amides is 2. The van der Waals surface area contributed by atoms with E-state index in [1.807, 2.05) is 30.3 Å². The minimum absolute atomic E-state index is 0.00510. The van der Waals surface area contributed by atoms with Crippen molar-refractivity contribution >= 4 is 40.7 Å². The Morgan fingerprint density at radius 2 is 1.76 bits per heavy atom. The van der Waals surface area contributed by atoms with Gasteiger partial charge in [0.2, 0.25) is 11.7 Å². The van der Waals surface area contributed by atoms with Crippen LogP contribution in [0, 0.1) is 10.1 Å². The molecule has 41 heavy (non-hydrogen) atoms. The number of ether oxygens (including phenoxy) is 2. The van der Waals surface area contributed by atoms with E-state index in [9.17, 15) is 19.7 Å². The van der Waals surface area contributed by atoms with E-state index in [1.54, 1.807) is 18.2 Å². The first-order valence-electron chi connectivity index (χ1n) is 13.3. The number of rotatable bonds is 12. The van der Waals surface area contributed by atoms with E-state index in [0.29, 0.717) is 15.6 Å². The van der Waals surface area contributed by atoms with Crippen LogP contribution in [0.3, 0.4) is 0 Å². The summed E-state index contributed by atoms with van der Waals surface area (Å²) in [7, 11) is 1.31. The summed E-state index contributed by atoms with van der Waals surface area (Å²) in [4.78, 5) is 39.7. The second-order valence-corrected chi connectivity index (χ2v) is 10.7. The van der Waals surface area contributed by atoms with E-state index >= 15 is 0 Å². The van der Waals surface area contributed by atoms with E-state index in [-0.39, 0.29) is 42.1 Å². The molecule has 0 aromatic heterocycles. The lowest BCUT2D eigenvalue weighted by atomic mass is 10.0. The molecule has 3 aromatic rings. The third-order valence-corrected chi connectivity index (χ3v) is 7.76. The van der Waals surface area contributed by atoms with Gasteiger partial charge in [0.15, 0.2) is 6.61 Å². The molecule has 1 fully saturated rings. The van der Waals surface area contributed by atoms with Crippen molar-refractivity contribution in [2.75, 3.05) is 13.7 Å². The number of carbonyl (C=O) groups excluding carboxylic acids is 2. The number of nitro benzene ring substituents is 1. The number of halogens is 2. The fraction of sp³-hybridized carbons (Fsp3) is 0.333. The largest absolute Gasteiger partial charge is 0.490 e. The molecular weight excluding hydrogens is 569 g/mol. The van der Waals surface area contributed by atoms with Gasteiger partial charge in [0.05, 0.1) is 22.1 Å². The average Bonchev–Trinajstić information content (AvgIpc) is 3.48. The van der Waals surface area contributed by atoms with Gasteiger partial charge in [0.25, 0.3) is 5.91 Å². The molecule has 1 saturated carbocycles. The molecule has 0 heterocycles. The van der Waals surface area contributed by atoms with Crippen LogP contribution in [0.1, 0.15) is 36.8 Å². The molecule has 3 aromatic carbocycles. The highest BCUT2D eigenvalue weighted by Crippen LogP contribution is 2.31. The van der Waals surface area contributed by atoms with Crippen LogP contribution in [0.4, 0.5) is 5.69 Å². The van der Waals surface area contributed by atoms with Gasteiger partial charge in [0.1, 0.15) is 11.8 Å². The molecule has 1 N–H and O–H groups in total. The molecule has 216 valence electrons. The summed E-state index contributed by atoms with van der Waals surface area (Å²) >= 11 is 12.4. The van der Waals surface area contributed by atoms with Crippen LogP contribution in [0.2, 0.25) is 10.0 Å². The van der Waals surface area contributed by atoms with Gasteiger partial charge in [-0.1, -0.05) is 72.4 Å². The predicted molar refractivity (Wildman–Crippen MR) is 156 cm³/mol. The summed E-state index contributed by atoms with van der Waals surface area (Å²) in [6, 6.07) is 17.8. The molecule has 1 aliphatic rings. The Hall–Kier alpha value is -3.82. The average molecular weight is 600 g/mol. The molecule has 0 radical (unpaired) electrons. The molecule has 1 unspecified atom stereocenters. The van der Waals surface area contributed by atoms with Crippen molar-refractivity contribution in [2.45, 2.75) is 50.7 Å². The molecule has 4 rings (SSSR count). The van der Waals surface area contributed by atoms with Crippen LogP contribution >= 0.6 is 23.2 Å². The zero-order valence-corrected chi connectivity index (χ0v) is 24.1. The molecule has 11 heteroatoms. The minimum atomic E-state index is -0.838. The maximum Gasteiger partial charge on any atom is 0.311 e. The van der Waals surface area contributed by atoms with Crippen molar-refractivity contribution in [1.82, 2.24) is 10.2 Å². The molecule has 0 bridgehead atoms. The topological polar surface area (TPSA) is 111 Å². The summed E-state index contributed by atoms with van der Waals surface area (Å²) in [5.41, 5.74) is 1.36. The summed E-state index contributed by atoms with van der Waals surface area (Å²) in [5.74, 6) is -0.474. The van der Waals surface area contributed by atoms with Crippen LogP contribution in [-0.2, 0) is 22.6 Å². The molecule has 1 aliphatic carbocycles. The van der Waals surface area contributed by atoms with E-state index in [1.165, 1.54) is 30.2 Å². The summed E-state index contributed by atoms with van der Waals surface area (Å²) < 4.78 is 10.9. The standard InChI is InChI=1S/C30H31Cl2N3O6/c1-40-28-17-23(12-14-26(28)35(38)39)41-19-29(36)34(18-21-11-13-24(31)25(32)15-21)27(16-20-7-3-2-4-8-20)30(37)33-22-9-5-6-10-22/h2-4,7-8,11-15,17,22,27H,5-6,9-10,16,18-19H2,1H3,(H,33,37). The smallest absolute Gasteiger partial charge is 0.311 e. The highest BCUT2D eigenvalue weighted by Gasteiger charge is 2.32. The van der Waals surface area contributed by atoms with Gasteiger partial charge in [-0.25, -0.2) is 0 Å². The SMILES string of the molecule is COc1cc(OCC(=O)N(Cc2ccc(Cl)c(Cl)c2)C(Cc2ccccc2)C(=O)NC2CCCC2)ccc1[N+](=O)[O-]. The third-order valence-electron chi connectivity index (χ3n) is 7.02. The Kier molecular flexibility index (Phi) is 10.4. The number of nitrogens with zero attached hydrogens (tertiary/aromatic N) is 2. The highest BCUT2D eigenvalue weighted by atomic mass is 35.5. The van der Waals surface area contributed by atoms with Crippen molar-refractivity contribution in [3.63, 3.8) is 0 Å².